The molecule has 0 heterocycles. The molecule has 0 spiro atoms. The highest BCUT2D eigenvalue weighted by molar-refractivity contribution is 6.30. The molecule has 1 fully saturated rings. The van der Waals surface area contributed by atoms with Gasteiger partial charge >= 0.3 is 0 Å². The number of nitrogens with zero attached hydrogens (tertiary/aromatic N) is 1. The highest BCUT2D eigenvalue weighted by Crippen LogP contribution is 2.20. The molecule has 1 aliphatic rings. The van der Waals surface area contributed by atoms with Crippen LogP contribution in [0, 0.1) is 0 Å². The Bertz CT molecular complexity index is 832. The Morgan fingerprint density at radius 1 is 1.00 bits per heavy atom. The summed E-state index contributed by atoms with van der Waals surface area (Å²) in [5, 5.41) is 3.88. The summed E-state index contributed by atoms with van der Waals surface area (Å²) in [6, 6.07) is 17.3. The zero-order chi connectivity index (χ0) is 22.1. The number of rotatable bonds is 9. The second-order valence-corrected chi connectivity index (χ2v) is 8.84. The van der Waals surface area contributed by atoms with Gasteiger partial charge < -0.3 is 10.2 Å². The van der Waals surface area contributed by atoms with Gasteiger partial charge in [-0.05, 0) is 48.9 Å². The molecule has 1 saturated carbocycles. The van der Waals surface area contributed by atoms with Crippen molar-refractivity contribution < 1.29 is 9.59 Å². The molecule has 1 N–H and O–H groups in total. The Hall–Kier alpha value is -2.33. The summed E-state index contributed by atoms with van der Waals surface area (Å²) in [7, 11) is 0. The van der Waals surface area contributed by atoms with E-state index in [0.717, 1.165) is 36.8 Å². The molecular weight excluding hydrogens is 408 g/mol. The summed E-state index contributed by atoms with van der Waals surface area (Å²) in [4.78, 5) is 28.2. The average molecular weight is 441 g/mol. The first-order valence-corrected chi connectivity index (χ1v) is 11.8. The van der Waals surface area contributed by atoms with Crippen LogP contribution in [0.1, 0.15) is 63.0 Å². The largest absolute Gasteiger partial charge is 0.352 e. The standard InChI is InChI=1S/C26H33ClN2O2/c1-2-24(26(31)28-23-11-7-4-8-12-23)29(19-21-13-16-22(27)17-14-21)25(30)18-15-20-9-5-3-6-10-20/h3,5-6,9-10,13-14,16-17,23-24H,2,4,7-8,11-12,15,18-19H2,1H3,(H,28,31)/t24-/m0/s1. The molecule has 0 aliphatic heterocycles. The summed E-state index contributed by atoms with van der Waals surface area (Å²) in [6.45, 7) is 2.38. The number of hydrogen-bond donors (Lipinski definition) is 1. The molecule has 0 aromatic heterocycles. The minimum Gasteiger partial charge on any atom is -0.352 e. The number of hydrogen-bond acceptors (Lipinski definition) is 2. The second kappa shape index (κ2) is 11.9. The van der Waals surface area contributed by atoms with Crippen LogP contribution in [0.3, 0.4) is 0 Å². The SMILES string of the molecule is CC[C@@H](C(=O)NC1CCCCC1)N(Cc1ccc(Cl)cc1)C(=O)CCc1ccccc1. The molecule has 3 rings (SSSR count). The van der Waals surface area contributed by atoms with E-state index in [2.05, 4.69) is 5.32 Å². The highest BCUT2D eigenvalue weighted by atomic mass is 35.5. The minimum absolute atomic E-state index is 0.00412. The molecule has 0 unspecified atom stereocenters. The molecule has 2 aromatic rings. The van der Waals surface area contributed by atoms with Gasteiger partial charge in [0.25, 0.3) is 0 Å². The molecule has 1 atom stereocenters. The fourth-order valence-corrected chi connectivity index (χ4v) is 4.42. The van der Waals surface area contributed by atoms with Crippen LogP contribution in [0.15, 0.2) is 54.6 Å². The van der Waals surface area contributed by atoms with Crippen LogP contribution in [0.4, 0.5) is 0 Å². The third-order valence-corrected chi connectivity index (χ3v) is 6.33. The first kappa shape index (κ1) is 23.3. The van der Waals surface area contributed by atoms with E-state index in [-0.39, 0.29) is 17.9 Å². The third-order valence-electron chi connectivity index (χ3n) is 6.07. The van der Waals surface area contributed by atoms with Crippen LogP contribution in [-0.4, -0.2) is 28.8 Å². The monoisotopic (exact) mass is 440 g/mol. The van der Waals surface area contributed by atoms with Crippen LogP contribution < -0.4 is 5.32 Å². The first-order valence-electron chi connectivity index (χ1n) is 11.4. The Morgan fingerprint density at radius 2 is 1.68 bits per heavy atom. The van der Waals surface area contributed by atoms with Crippen molar-refractivity contribution in [3.05, 3.63) is 70.7 Å². The van der Waals surface area contributed by atoms with E-state index in [1.807, 2.05) is 61.5 Å². The van der Waals surface area contributed by atoms with Gasteiger partial charge in [0.05, 0.1) is 0 Å². The molecule has 5 heteroatoms. The Balaban J connectivity index is 1.73. The van der Waals surface area contributed by atoms with Crippen molar-refractivity contribution in [3.8, 4) is 0 Å². The maximum atomic E-state index is 13.3. The van der Waals surface area contributed by atoms with E-state index in [4.69, 9.17) is 11.6 Å². The lowest BCUT2D eigenvalue weighted by Gasteiger charge is -2.33. The van der Waals surface area contributed by atoms with Crippen LogP contribution in [0.2, 0.25) is 5.02 Å². The molecule has 2 amide bonds. The fraction of sp³-hybridized carbons (Fsp3) is 0.462. The van der Waals surface area contributed by atoms with Crippen molar-refractivity contribution in [3.63, 3.8) is 0 Å². The maximum Gasteiger partial charge on any atom is 0.243 e. The van der Waals surface area contributed by atoms with E-state index in [9.17, 15) is 9.59 Å². The van der Waals surface area contributed by atoms with Gasteiger partial charge in [0.15, 0.2) is 0 Å². The Kier molecular flexibility index (Phi) is 8.96. The predicted molar refractivity (Wildman–Crippen MR) is 126 cm³/mol. The predicted octanol–water partition coefficient (Wildman–Crippen LogP) is 5.53. The van der Waals surface area contributed by atoms with Gasteiger partial charge in [0, 0.05) is 24.0 Å². The summed E-state index contributed by atoms with van der Waals surface area (Å²) in [5.74, 6) is -0.0270. The lowest BCUT2D eigenvalue weighted by Crippen LogP contribution is -2.51. The number of amides is 2. The molecule has 0 saturated heterocycles. The number of halogens is 1. The van der Waals surface area contributed by atoms with Crippen molar-refractivity contribution in [2.75, 3.05) is 0 Å². The Labute approximate surface area is 191 Å². The summed E-state index contributed by atoms with van der Waals surface area (Å²) < 4.78 is 0. The van der Waals surface area contributed by atoms with E-state index < -0.39 is 6.04 Å². The lowest BCUT2D eigenvalue weighted by molar-refractivity contribution is -0.141. The second-order valence-electron chi connectivity index (χ2n) is 8.40. The zero-order valence-corrected chi connectivity index (χ0v) is 19.1. The summed E-state index contributed by atoms with van der Waals surface area (Å²) in [5.41, 5.74) is 2.10. The van der Waals surface area contributed by atoms with E-state index in [0.29, 0.717) is 30.8 Å². The van der Waals surface area contributed by atoms with E-state index >= 15 is 0 Å². The molecule has 166 valence electrons. The Morgan fingerprint density at radius 3 is 2.32 bits per heavy atom. The van der Waals surface area contributed by atoms with Crippen LogP contribution in [0.5, 0.6) is 0 Å². The average Bonchev–Trinajstić information content (AvgIpc) is 2.80. The van der Waals surface area contributed by atoms with Crippen molar-refractivity contribution >= 4 is 23.4 Å². The number of carbonyl (C=O) groups is 2. The van der Waals surface area contributed by atoms with Crippen molar-refractivity contribution in [1.29, 1.82) is 0 Å². The van der Waals surface area contributed by atoms with Gasteiger partial charge in [0.1, 0.15) is 6.04 Å². The van der Waals surface area contributed by atoms with Gasteiger partial charge in [-0.25, -0.2) is 0 Å². The number of benzene rings is 2. The molecular formula is C26H33ClN2O2. The third kappa shape index (κ3) is 7.10. The minimum atomic E-state index is -0.471. The van der Waals surface area contributed by atoms with Gasteiger partial charge in [0.2, 0.25) is 11.8 Å². The quantitative estimate of drug-likeness (QED) is 0.557. The van der Waals surface area contributed by atoms with Crippen molar-refractivity contribution in [2.24, 2.45) is 0 Å². The molecule has 31 heavy (non-hydrogen) atoms. The smallest absolute Gasteiger partial charge is 0.243 e. The van der Waals surface area contributed by atoms with Crippen LogP contribution in [-0.2, 0) is 22.6 Å². The molecule has 2 aromatic carbocycles. The van der Waals surface area contributed by atoms with Gasteiger partial charge in [-0.1, -0.05) is 80.3 Å². The summed E-state index contributed by atoms with van der Waals surface area (Å²) in [6.07, 6.45) is 7.25. The fourth-order valence-electron chi connectivity index (χ4n) is 4.29. The van der Waals surface area contributed by atoms with Gasteiger partial charge in [-0.3, -0.25) is 9.59 Å². The molecule has 4 nitrogen and oxygen atoms in total. The summed E-state index contributed by atoms with van der Waals surface area (Å²) >= 11 is 6.03. The number of carbonyl (C=O) groups excluding carboxylic acids is 2. The van der Waals surface area contributed by atoms with Gasteiger partial charge in [-0.15, -0.1) is 0 Å². The number of nitrogens with one attached hydrogen (secondary N) is 1. The molecule has 0 bridgehead atoms. The number of aryl methyl sites for hydroxylation is 1. The molecule has 1 aliphatic carbocycles. The zero-order valence-electron chi connectivity index (χ0n) is 18.4. The maximum absolute atomic E-state index is 13.3. The first-order chi connectivity index (χ1) is 15.1. The topological polar surface area (TPSA) is 49.4 Å². The van der Waals surface area contributed by atoms with Crippen molar-refractivity contribution in [1.82, 2.24) is 10.2 Å². The van der Waals surface area contributed by atoms with Crippen molar-refractivity contribution in [2.45, 2.75) is 76.9 Å². The van der Waals surface area contributed by atoms with Crippen LogP contribution >= 0.6 is 11.6 Å². The molecule has 0 radical (unpaired) electrons. The highest BCUT2D eigenvalue weighted by Gasteiger charge is 2.30. The van der Waals surface area contributed by atoms with E-state index in [1.54, 1.807) is 4.90 Å². The normalized spacial score (nSPS) is 15.3. The van der Waals surface area contributed by atoms with Crippen LogP contribution in [0.25, 0.3) is 0 Å². The van der Waals surface area contributed by atoms with E-state index in [1.165, 1.54) is 6.42 Å². The van der Waals surface area contributed by atoms with Gasteiger partial charge in [-0.2, -0.15) is 0 Å². The lowest BCUT2D eigenvalue weighted by atomic mass is 9.95.